The summed E-state index contributed by atoms with van der Waals surface area (Å²) in [6, 6.07) is 7.29. The third kappa shape index (κ3) is 4.08. The van der Waals surface area contributed by atoms with Crippen LogP contribution in [0.15, 0.2) is 35.0 Å². The van der Waals surface area contributed by atoms with Crippen LogP contribution in [0.1, 0.15) is 40.0 Å². The summed E-state index contributed by atoms with van der Waals surface area (Å²) in [5.41, 5.74) is 1.31. The lowest BCUT2D eigenvalue weighted by molar-refractivity contribution is 0.0697. The lowest BCUT2D eigenvalue weighted by atomic mass is 10.0. The number of hydrogen-bond donors (Lipinski definition) is 1. The second kappa shape index (κ2) is 8.00. The second-order valence-corrected chi connectivity index (χ2v) is 7.54. The van der Waals surface area contributed by atoms with Gasteiger partial charge in [0.15, 0.2) is 11.5 Å². The third-order valence-electron chi connectivity index (χ3n) is 4.90. The monoisotopic (exact) mass is 386 g/mol. The van der Waals surface area contributed by atoms with Crippen molar-refractivity contribution in [3.63, 3.8) is 0 Å². The van der Waals surface area contributed by atoms with Crippen LogP contribution in [0.2, 0.25) is 0 Å². The Morgan fingerprint density at radius 1 is 1.04 bits per heavy atom. The van der Waals surface area contributed by atoms with Crippen LogP contribution in [-0.4, -0.2) is 49.1 Å². The number of nitrogens with zero attached hydrogens (tertiary/aromatic N) is 1. The Kier molecular flexibility index (Phi) is 5.29. The Bertz CT molecular complexity index is 813. The predicted molar refractivity (Wildman–Crippen MR) is 103 cm³/mol. The smallest absolute Gasteiger partial charge is 0.253 e. The van der Waals surface area contributed by atoms with E-state index in [0.29, 0.717) is 48.9 Å². The number of likely N-dealkylation sites (tertiary alicyclic amines) is 1. The van der Waals surface area contributed by atoms with Gasteiger partial charge in [-0.2, -0.15) is 11.3 Å². The molecule has 2 amide bonds. The van der Waals surface area contributed by atoms with E-state index >= 15 is 0 Å². The zero-order chi connectivity index (χ0) is 18.6. The van der Waals surface area contributed by atoms with Crippen LogP contribution < -0.4 is 14.8 Å². The third-order valence-corrected chi connectivity index (χ3v) is 5.58. The highest BCUT2D eigenvalue weighted by Gasteiger charge is 2.26. The van der Waals surface area contributed by atoms with E-state index in [-0.39, 0.29) is 17.9 Å². The number of rotatable bonds is 3. The van der Waals surface area contributed by atoms with Crippen molar-refractivity contribution in [3.8, 4) is 11.5 Å². The van der Waals surface area contributed by atoms with Gasteiger partial charge in [-0.25, -0.2) is 0 Å². The molecule has 2 aromatic rings. The first-order chi connectivity index (χ1) is 13.2. The van der Waals surface area contributed by atoms with Crippen molar-refractivity contribution in [1.29, 1.82) is 0 Å². The Hall–Kier alpha value is -2.54. The number of nitrogens with one attached hydrogen (secondary N) is 1. The minimum atomic E-state index is -0.0380. The van der Waals surface area contributed by atoms with E-state index in [1.54, 1.807) is 12.1 Å². The van der Waals surface area contributed by atoms with Gasteiger partial charge >= 0.3 is 0 Å². The van der Waals surface area contributed by atoms with Crippen LogP contribution >= 0.6 is 11.3 Å². The Labute approximate surface area is 162 Å². The number of amides is 2. The minimum Gasteiger partial charge on any atom is -0.490 e. The van der Waals surface area contributed by atoms with E-state index in [2.05, 4.69) is 5.32 Å². The summed E-state index contributed by atoms with van der Waals surface area (Å²) in [6.07, 6.45) is 2.35. The predicted octanol–water partition coefficient (Wildman–Crippen LogP) is 2.94. The number of carbonyl (C=O) groups is 2. The largest absolute Gasteiger partial charge is 0.490 e. The van der Waals surface area contributed by atoms with Crippen molar-refractivity contribution in [1.82, 2.24) is 10.2 Å². The average Bonchev–Trinajstić information content (AvgIpc) is 3.14. The standard InChI is InChI=1S/C20H22N2O4S/c23-19(15-6-11-27-13-15)21-16-4-7-22(8-5-16)20(24)14-2-3-17-18(12-14)26-10-1-9-25-17/h2-3,6,11-13,16H,1,4-5,7-10H2,(H,21,23). The van der Waals surface area contributed by atoms with Crippen LogP contribution in [0.4, 0.5) is 0 Å². The fourth-order valence-electron chi connectivity index (χ4n) is 3.37. The van der Waals surface area contributed by atoms with Crippen LogP contribution in [0.3, 0.4) is 0 Å². The van der Waals surface area contributed by atoms with E-state index in [4.69, 9.17) is 9.47 Å². The second-order valence-electron chi connectivity index (χ2n) is 6.76. The number of benzene rings is 1. The zero-order valence-electron chi connectivity index (χ0n) is 15.0. The molecule has 6 nitrogen and oxygen atoms in total. The first-order valence-corrected chi connectivity index (χ1v) is 10.2. The average molecular weight is 386 g/mol. The number of ether oxygens (including phenoxy) is 2. The maximum atomic E-state index is 12.8. The van der Waals surface area contributed by atoms with E-state index in [1.165, 1.54) is 11.3 Å². The summed E-state index contributed by atoms with van der Waals surface area (Å²) in [5.74, 6) is 1.28. The fourth-order valence-corrected chi connectivity index (χ4v) is 4.00. The summed E-state index contributed by atoms with van der Waals surface area (Å²) in [6.45, 7) is 2.48. The van der Waals surface area contributed by atoms with Crippen LogP contribution in [-0.2, 0) is 0 Å². The van der Waals surface area contributed by atoms with Crippen LogP contribution in [0, 0.1) is 0 Å². The summed E-state index contributed by atoms with van der Waals surface area (Å²) < 4.78 is 11.3. The molecule has 4 rings (SSSR count). The van der Waals surface area contributed by atoms with Crippen molar-refractivity contribution >= 4 is 23.2 Å². The van der Waals surface area contributed by atoms with E-state index in [9.17, 15) is 9.59 Å². The zero-order valence-corrected chi connectivity index (χ0v) is 15.8. The molecule has 142 valence electrons. The fraction of sp³-hybridized carbons (Fsp3) is 0.400. The molecule has 0 aliphatic carbocycles. The molecule has 0 bridgehead atoms. The van der Waals surface area contributed by atoms with Crippen molar-refractivity contribution in [2.45, 2.75) is 25.3 Å². The maximum Gasteiger partial charge on any atom is 0.253 e. The van der Waals surface area contributed by atoms with Gasteiger partial charge < -0.3 is 19.7 Å². The topological polar surface area (TPSA) is 67.9 Å². The van der Waals surface area contributed by atoms with Gasteiger partial charge in [-0.1, -0.05) is 0 Å². The number of fused-ring (bicyclic) bond motifs is 1. The van der Waals surface area contributed by atoms with Gasteiger partial charge in [-0.05, 0) is 42.5 Å². The number of carbonyl (C=O) groups excluding carboxylic acids is 2. The van der Waals surface area contributed by atoms with Crippen molar-refractivity contribution < 1.29 is 19.1 Å². The van der Waals surface area contributed by atoms with Gasteiger partial charge in [0.1, 0.15) is 0 Å². The first kappa shape index (κ1) is 17.9. The molecule has 1 aromatic heterocycles. The molecule has 3 heterocycles. The molecule has 0 atom stereocenters. The summed E-state index contributed by atoms with van der Waals surface area (Å²) in [4.78, 5) is 26.8. The first-order valence-electron chi connectivity index (χ1n) is 9.23. The van der Waals surface area contributed by atoms with Gasteiger partial charge in [0.2, 0.25) is 0 Å². The molecule has 1 aromatic carbocycles. The highest BCUT2D eigenvalue weighted by atomic mass is 32.1. The summed E-state index contributed by atoms with van der Waals surface area (Å²) in [5, 5.41) is 6.80. The molecule has 0 radical (unpaired) electrons. The molecule has 0 unspecified atom stereocenters. The molecule has 1 saturated heterocycles. The molecule has 0 spiro atoms. The number of hydrogen-bond acceptors (Lipinski definition) is 5. The van der Waals surface area contributed by atoms with Crippen LogP contribution in [0.25, 0.3) is 0 Å². The van der Waals surface area contributed by atoms with Crippen molar-refractivity contribution in [3.05, 3.63) is 46.2 Å². The number of piperidine rings is 1. The molecule has 2 aliphatic heterocycles. The van der Waals surface area contributed by atoms with E-state index in [1.807, 2.05) is 27.8 Å². The molecule has 2 aliphatic rings. The molecular weight excluding hydrogens is 364 g/mol. The van der Waals surface area contributed by atoms with Crippen molar-refractivity contribution in [2.24, 2.45) is 0 Å². The minimum absolute atomic E-state index is 0.00624. The van der Waals surface area contributed by atoms with Gasteiger partial charge in [0.25, 0.3) is 11.8 Å². The Balaban J connectivity index is 1.34. The van der Waals surface area contributed by atoms with Crippen LogP contribution in [0.5, 0.6) is 11.5 Å². The normalized spacial score (nSPS) is 17.3. The van der Waals surface area contributed by atoms with Gasteiger partial charge in [0, 0.05) is 42.1 Å². The summed E-state index contributed by atoms with van der Waals surface area (Å²) in [7, 11) is 0. The summed E-state index contributed by atoms with van der Waals surface area (Å²) >= 11 is 1.51. The molecule has 1 N–H and O–H groups in total. The molecule has 7 heteroatoms. The Morgan fingerprint density at radius 2 is 1.81 bits per heavy atom. The lowest BCUT2D eigenvalue weighted by Gasteiger charge is -2.32. The molecule has 27 heavy (non-hydrogen) atoms. The molecule has 1 fully saturated rings. The Morgan fingerprint density at radius 3 is 2.56 bits per heavy atom. The molecule has 0 saturated carbocycles. The van der Waals surface area contributed by atoms with Gasteiger partial charge in [-0.15, -0.1) is 0 Å². The van der Waals surface area contributed by atoms with E-state index < -0.39 is 0 Å². The highest BCUT2D eigenvalue weighted by molar-refractivity contribution is 7.08. The van der Waals surface area contributed by atoms with Crippen molar-refractivity contribution in [2.75, 3.05) is 26.3 Å². The maximum absolute atomic E-state index is 12.8. The highest BCUT2D eigenvalue weighted by Crippen LogP contribution is 2.31. The van der Waals surface area contributed by atoms with E-state index in [0.717, 1.165) is 19.3 Å². The molecular formula is C20H22N2O4S. The van der Waals surface area contributed by atoms with Gasteiger partial charge in [-0.3, -0.25) is 9.59 Å². The quantitative estimate of drug-likeness (QED) is 0.881. The SMILES string of the molecule is O=C(NC1CCN(C(=O)c2ccc3c(c2)OCCCO3)CC1)c1ccsc1. The van der Waals surface area contributed by atoms with Gasteiger partial charge in [0.05, 0.1) is 13.2 Å². The number of thiophene rings is 1. The lowest BCUT2D eigenvalue weighted by Crippen LogP contribution is -2.46.